The zero-order chi connectivity index (χ0) is 13.2. The van der Waals surface area contributed by atoms with Gasteiger partial charge >= 0.3 is 6.01 Å². The van der Waals surface area contributed by atoms with Gasteiger partial charge in [-0.3, -0.25) is 0 Å². The second-order valence-electron chi connectivity index (χ2n) is 4.41. The maximum atomic E-state index is 13.0. The minimum Gasteiger partial charge on any atom is -0.406 e. The van der Waals surface area contributed by atoms with E-state index in [4.69, 9.17) is 4.42 Å². The molecule has 0 unspecified atom stereocenters. The van der Waals surface area contributed by atoms with Gasteiger partial charge in [-0.25, -0.2) is 8.78 Å². The average molecular weight is 266 g/mol. The van der Waals surface area contributed by atoms with Gasteiger partial charge in [-0.15, -0.1) is 5.10 Å². The molecule has 1 aromatic carbocycles. The molecule has 1 aliphatic carbocycles. The van der Waals surface area contributed by atoms with Gasteiger partial charge in [0.05, 0.1) is 6.54 Å². The first-order chi connectivity index (χ1) is 9.20. The summed E-state index contributed by atoms with van der Waals surface area (Å²) < 4.78 is 31.1. The highest BCUT2D eigenvalue weighted by Crippen LogP contribution is 2.20. The SMILES string of the molecule is Fc1ccc(Nc2nnc(CNC3CC3)o2)cc1F. The molecule has 3 rings (SSSR count). The van der Waals surface area contributed by atoms with Gasteiger partial charge in [0.2, 0.25) is 5.89 Å². The normalized spacial score (nSPS) is 14.6. The van der Waals surface area contributed by atoms with Crippen LogP contribution in [0.3, 0.4) is 0 Å². The molecule has 5 nitrogen and oxygen atoms in total. The molecule has 1 aliphatic rings. The first-order valence-corrected chi connectivity index (χ1v) is 5.98. The van der Waals surface area contributed by atoms with Gasteiger partial charge < -0.3 is 15.1 Å². The lowest BCUT2D eigenvalue weighted by Crippen LogP contribution is -2.15. The van der Waals surface area contributed by atoms with Crippen LogP contribution in [0.1, 0.15) is 18.7 Å². The van der Waals surface area contributed by atoms with E-state index in [1.54, 1.807) is 0 Å². The number of nitrogens with one attached hydrogen (secondary N) is 2. The van der Waals surface area contributed by atoms with Crippen LogP contribution >= 0.6 is 0 Å². The van der Waals surface area contributed by atoms with Gasteiger partial charge in [-0.05, 0) is 25.0 Å². The number of benzene rings is 1. The molecule has 0 amide bonds. The van der Waals surface area contributed by atoms with Crippen LogP contribution in [0, 0.1) is 11.6 Å². The molecule has 2 N–H and O–H groups in total. The van der Waals surface area contributed by atoms with Crippen molar-refractivity contribution in [2.24, 2.45) is 0 Å². The zero-order valence-corrected chi connectivity index (χ0v) is 9.99. The number of aromatic nitrogens is 2. The van der Waals surface area contributed by atoms with Crippen LogP contribution in [-0.2, 0) is 6.54 Å². The second-order valence-corrected chi connectivity index (χ2v) is 4.41. The number of rotatable bonds is 5. The molecule has 100 valence electrons. The summed E-state index contributed by atoms with van der Waals surface area (Å²) in [6, 6.07) is 4.16. The van der Waals surface area contributed by atoms with E-state index >= 15 is 0 Å². The van der Waals surface area contributed by atoms with Crippen LogP contribution < -0.4 is 10.6 Å². The van der Waals surface area contributed by atoms with Crippen molar-refractivity contribution in [2.45, 2.75) is 25.4 Å². The van der Waals surface area contributed by atoms with Gasteiger partial charge in [0, 0.05) is 17.8 Å². The summed E-state index contributed by atoms with van der Waals surface area (Å²) in [5.41, 5.74) is 0.351. The fraction of sp³-hybridized carbons (Fsp3) is 0.333. The van der Waals surface area contributed by atoms with Crippen LogP contribution in [0.4, 0.5) is 20.5 Å². The Balaban J connectivity index is 1.63. The van der Waals surface area contributed by atoms with E-state index in [-0.39, 0.29) is 6.01 Å². The fourth-order valence-electron chi connectivity index (χ4n) is 1.59. The molecule has 7 heteroatoms. The Morgan fingerprint density at radius 2 is 2.05 bits per heavy atom. The Labute approximate surface area is 108 Å². The maximum absolute atomic E-state index is 13.0. The van der Waals surface area contributed by atoms with Gasteiger partial charge in [0.1, 0.15) is 0 Å². The molecule has 0 saturated heterocycles. The molecule has 2 aromatic rings. The Morgan fingerprint density at radius 3 is 2.79 bits per heavy atom. The first-order valence-electron chi connectivity index (χ1n) is 5.98. The van der Waals surface area contributed by atoms with Crippen molar-refractivity contribution >= 4 is 11.7 Å². The average Bonchev–Trinajstić information content (AvgIpc) is 3.12. The summed E-state index contributed by atoms with van der Waals surface area (Å²) in [4.78, 5) is 0. The van der Waals surface area contributed by atoms with Gasteiger partial charge in [-0.2, -0.15) is 0 Å². The number of hydrogen-bond donors (Lipinski definition) is 2. The highest BCUT2D eigenvalue weighted by molar-refractivity contribution is 5.51. The summed E-state index contributed by atoms with van der Waals surface area (Å²) in [6.07, 6.45) is 2.35. The van der Waals surface area contributed by atoms with Crippen molar-refractivity contribution in [3.8, 4) is 0 Å². The molecule has 0 spiro atoms. The van der Waals surface area contributed by atoms with Crippen molar-refractivity contribution in [1.29, 1.82) is 0 Å². The van der Waals surface area contributed by atoms with Gasteiger partial charge in [0.25, 0.3) is 0 Å². The molecule has 0 radical (unpaired) electrons. The van der Waals surface area contributed by atoms with E-state index in [1.807, 2.05) is 0 Å². The molecule has 0 aliphatic heterocycles. The molecule has 1 saturated carbocycles. The number of nitrogens with zero attached hydrogens (tertiary/aromatic N) is 2. The highest BCUT2D eigenvalue weighted by Gasteiger charge is 2.21. The Kier molecular flexibility index (Phi) is 3.12. The van der Waals surface area contributed by atoms with Crippen molar-refractivity contribution in [1.82, 2.24) is 15.5 Å². The van der Waals surface area contributed by atoms with E-state index in [9.17, 15) is 8.78 Å². The molecular formula is C12H12F2N4O. The quantitative estimate of drug-likeness (QED) is 0.869. The largest absolute Gasteiger partial charge is 0.406 e. The van der Waals surface area contributed by atoms with E-state index < -0.39 is 11.6 Å². The minimum absolute atomic E-state index is 0.151. The van der Waals surface area contributed by atoms with Crippen LogP contribution in [0.25, 0.3) is 0 Å². The molecule has 1 aromatic heterocycles. The second kappa shape index (κ2) is 4.93. The predicted octanol–water partition coefficient (Wildman–Crippen LogP) is 2.34. The van der Waals surface area contributed by atoms with Gasteiger partial charge in [0.15, 0.2) is 11.6 Å². The van der Waals surface area contributed by atoms with Crippen LogP contribution in [0.5, 0.6) is 0 Å². The third-order valence-corrected chi connectivity index (χ3v) is 2.76. The van der Waals surface area contributed by atoms with Gasteiger partial charge in [-0.1, -0.05) is 5.10 Å². The molecule has 0 bridgehead atoms. The zero-order valence-electron chi connectivity index (χ0n) is 9.99. The monoisotopic (exact) mass is 266 g/mol. The molecule has 0 atom stereocenters. The van der Waals surface area contributed by atoms with E-state index in [0.717, 1.165) is 12.1 Å². The summed E-state index contributed by atoms with van der Waals surface area (Å²) in [5, 5.41) is 13.6. The lowest BCUT2D eigenvalue weighted by atomic mass is 10.3. The predicted molar refractivity (Wildman–Crippen MR) is 63.8 cm³/mol. The van der Waals surface area contributed by atoms with E-state index in [0.29, 0.717) is 24.2 Å². The van der Waals surface area contributed by atoms with Crippen molar-refractivity contribution in [3.63, 3.8) is 0 Å². The number of hydrogen-bond acceptors (Lipinski definition) is 5. The minimum atomic E-state index is -0.930. The Morgan fingerprint density at radius 1 is 1.21 bits per heavy atom. The molecule has 1 fully saturated rings. The first kappa shape index (κ1) is 12.0. The van der Waals surface area contributed by atoms with E-state index in [2.05, 4.69) is 20.8 Å². The topological polar surface area (TPSA) is 63.0 Å². The summed E-state index contributed by atoms with van der Waals surface area (Å²) >= 11 is 0. The summed E-state index contributed by atoms with van der Waals surface area (Å²) in [5.74, 6) is -1.37. The summed E-state index contributed by atoms with van der Waals surface area (Å²) in [6.45, 7) is 0.511. The lowest BCUT2D eigenvalue weighted by Gasteiger charge is -2.01. The van der Waals surface area contributed by atoms with Crippen molar-refractivity contribution in [2.75, 3.05) is 5.32 Å². The highest BCUT2D eigenvalue weighted by atomic mass is 19.2. The Bertz CT molecular complexity index is 583. The van der Waals surface area contributed by atoms with Crippen molar-refractivity contribution in [3.05, 3.63) is 35.7 Å². The molecule has 19 heavy (non-hydrogen) atoms. The Hall–Kier alpha value is -2.02. The van der Waals surface area contributed by atoms with Crippen LogP contribution in [0.2, 0.25) is 0 Å². The van der Waals surface area contributed by atoms with Crippen molar-refractivity contribution < 1.29 is 13.2 Å². The lowest BCUT2D eigenvalue weighted by molar-refractivity contribution is 0.478. The third-order valence-electron chi connectivity index (χ3n) is 2.76. The molecule has 1 heterocycles. The smallest absolute Gasteiger partial charge is 0.320 e. The number of halogens is 2. The van der Waals surface area contributed by atoms with Crippen LogP contribution in [-0.4, -0.2) is 16.2 Å². The maximum Gasteiger partial charge on any atom is 0.320 e. The third kappa shape index (κ3) is 3.05. The summed E-state index contributed by atoms with van der Waals surface area (Å²) in [7, 11) is 0. The molecular weight excluding hydrogens is 254 g/mol. The van der Waals surface area contributed by atoms with Crippen LogP contribution in [0.15, 0.2) is 22.6 Å². The van der Waals surface area contributed by atoms with E-state index in [1.165, 1.54) is 18.9 Å². The standard InChI is InChI=1S/C12H12F2N4O/c13-9-4-3-8(5-10(9)14)16-12-18-17-11(19-12)6-15-7-1-2-7/h3-5,7,15H,1-2,6H2,(H,16,18). The fourth-order valence-corrected chi connectivity index (χ4v) is 1.59. The number of anilines is 2.